The van der Waals surface area contributed by atoms with E-state index in [1.807, 2.05) is 27.9 Å². The van der Waals surface area contributed by atoms with Gasteiger partial charge in [-0.15, -0.1) is 0 Å². The van der Waals surface area contributed by atoms with Gasteiger partial charge in [-0.2, -0.15) is 0 Å². The van der Waals surface area contributed by atoms with E-state index in [9.17, 15) is 0 Å². The molecule has 0 spiro atoms. The Balaban J connectivity index is 1.54. The van der Waals surface area contributed by atoms with E-state index in [4.69, 9.17) is 4.99 Å². The molecular weight excluding hydrogens is 687 g/mol. The number of allylic oxidation sites excluding steroid dienone is 5. The van der Waals surface area contributed by atoms with E-state index < -0.39 is 0 Å². The van der Waals surface area contributed by atoms with E-state index in [2.05, 4.69) is 117 Å². The molecule has 0 amide bonds. The van der Waals surface area contributed by atoms with Crippen LogP contribution in [0.3, 0.4) is 0 Å². The smallest absolute Gasteiger partial charge is 0.0735 e. The first kappa shape index (κ1) is 45.4. The number of nitrogens with zero attached hydrogens (tertiary/aromatic N) is 1. The molecule has 0 aromatic heterocycles. The Morgan fingerprint density at radius 2 is 1.37 bits per heavy atom. The molecule has 1 nitrogen and oxygen atoms in total. The van der Waals surface area contributed by atoms with E-state index in [0.717, 1.165) is 53.3 Å². The molecule has 15 unspecified atom stereocenters. The highest BCUT2D eigenvalue weighted by molar-refractivity contribution is 5.55. The summed E-state index contributed by atoms with van der Waals surface area (Å²) in [7, 11) is 0. The van der Waals surface area contributed by atoms with Crippen molar-refractivity contribution in [3.05, 3.63) is 33.4 Å². The van der Waals surface area contributed by atoms with Gasteiger partial charge >= 0.3 is 0 Å². The van der Waals surface area contributed by atoms with Crippen molar-refractivity contribution >= 4 is 6.72 Å². The molecule has 0 saturated heterocycles. The second-order valence-electron chi connectivity index (χ2n) is 23.2. The molecule has 19 atom stereocenters. The third-order valence-electron chi connectivity index (χ3n) is 21.2. The standard InChI is InChI=1S/C56H95N/c1-18-21-45-28-29-56(45,16)54-48(30-44-25-22-32(44)5)53(43(19-2)20-3)52(41(14)51(54)47-27-23-31(4)34(47)7)49-39(12)40(13)50(55(57-17)42(49)15)38(11)36(9)35(8)37(10)46-26-24-33(46)6/h31-40,43-47,50,52-53,55H,17-30H2,1-16H3/t31-,32?,33?,34?,35?,36?,37?,38?,39?,40+,44?,45?,46?,47?,50+,52?,53+,55?,56?/m1/s1. The van der Waals surface area contributed by atoms with Gasteiger partial charge in [0, 0.05) is 5.92 Å². The second kappa shape index (κ2) is 18.1. The van der Waals surface area contributed by atoms with E-state index in [1.54, 1.807) is 5.57 Å². The van der Waals surface area contributed by atoms with Gasteiger partial charge in [0.2, 0.25) is 0 Å². The summed E-state index contributed by atoms with van der Waals surface area (Å²) in [6.07, 6.45) is 18.0. The maximum atomic E-state index is 5.25. The van der Waals surface area contributed by atoms with Crippen LogP contribution in [0.15, 0.2) is 38.4 Å². The quantitative estimate of drug-likeness (QED) is 0.109. The Bertz CT molecular complexity index is 1500. The van der Waals surface area contributed by atoms with Gasteiger partial charge in [-0.3, -0.25) is 4.99 Å². The molecule has 6 rings (SSSR count). The van der Waals surface area contributed by atoms with Gasteiger partial charge < -0.3 is 0 Å². The molecule has 6 aliphatic rings. The van der Waals surface area contributed by atoms with Crippen LogP contribution in [-0.2, 0) is 0 Å². The first-order chi connectivity index (χ1) is 27.0. The van der Waals surface area contributed by atoms with Gasteiger partial charge in [0.15, 0.2) is 0 Å². The van der Waals surface area contributed by atoms with Crippen molar-refractivity contribution in [3.8, 4) is 0 Å². The Morgan fingerprint density at radius 1 is 0.737 bits per heavy atom. The third-order valence-corrected chi connectivity index (χ3v) is 21.2. The maximum absolute atomic E-state index is 5.25. The molecule has 4 fully saturated rings. The molecule has 0 heterocycles. The van der Waals surface area contributed by atoms with Gasteiger partial charge in [-0.25, -0.2) is 0 Å². The Morgan fingerprint density at radius 3 is 1.82 bits per heavy atom. The van der Waals surface area contributed by atoms with Crippen LogP contribution in [0.1, 0.15) is 194 Å². The van der Waals surface area contributed by atoms with Crippen LogP contribution < -0.4 is 0 Å². The average Bonchev–Trinajstić information content (AvgIpc) is 3.51. The lowest BCUT2D eigenvalue weighted by atomic mass is 9.47. The molecule has 0 aromatic carbocycles. The molecule has 0 radical (unpaired) electrons. The Kier molecular flexibility index (Phi) is 14.4. The maximum Gasteiger partial charge on any atom is 0.0735 e. The molecule has 0 aliphatic heterocycles. The fourth-order valence-corrected chi connectivity index (χ4v) is 15.8. The van der Waals surface area contributed by atoms with E-state index in [-0.39, 0.29) is 6.04 Å². The summed E-state index contributed by atoms with van der Waals surface area (Å²) in [5.41, 5.74) is 11.4. The van der Waals surface area contributed by atoms with Crippen molar-refractivity contribution in [3.63, 3.8) is 0 Å². The summed E-state index contributed by atoms with van der Waals surface area (Å²) in [6, 6.07) is 0.219. The van der Waals surface area contributed by atoms with Gasteiger partial charge in [0.25, 0.3) is 0 Å². The zero-order valence-electron chi connectivity index (χ0n) is 40.8. The fraction of sp³-hybridized carbons (Fsp3) is 0.875. The van der Waals surface area contributed by atoms with E-state index in [1.165, 1.54) is 83.5 Å². The van der Waals surface area contributed by atoms with Gasteiger partial charge in [0.1, 0.15) is 0 Å². The molecule has 0 N–H and O–H groups in total. The van der Waals surface area contributed by atoms with Crippen molar-refractivity contribution in [1.29, 1.82) is 0 Å². The number of hydrogen-bond acceptors (Lipinski definition) is 1. The minimum atomic E-state index is 0.219. The molecule has 4 saturated carbocycles. The molecule has 57 heavy (non-hydrogen) atoms. The minimum absolute atomic E-state index is 0.219. The molecule has 0 aromatic rings. The number of aliphatic imine (C=N–C) groups is 1. The first-order valence-electron chi connectivity index (χ1n) is 25.6. The lowest BCUT2D eigenvalue weighted by molar-refractivity contribution is 0.0374. The SMILES string of the molecule is C=NC1C(C)=C(C2C(C)=C(C3CC[C@@H](C)C3C)C(C3(C)CCC3CCC)=C(CC3CCC3C)[C@@H]2C(CC)CC)C(C)[C@H](C)[C@@H]1C(C)C(C)C(C)C(C)C1CCC1C. The summed E-state index contributed by atoms with van der Waals surface area (Å²) in [6.45, 7) is 46.2. The molecule has 0 bridgehead atoms. The van der Waals surface area contributed by atoms with Crippen LogP contribution in [0.2, 0.25) is 0 Å². The lowest BCUT2D eigenvalue weighted by Gasteiger charge is -2.57. The predicted octanol–water partition coefficient (Wildman–Crippen LogP) is 16.5. The van der Waals surface area contributed by atoms with Crippen molar-refractivity contribution in [1.82, 2.24) is 0 Å². The summed E-state index contributed by atoms with van der Waals surface area (Å²) in [5.74, 6) is 13.0. The van der Waals surface area contributed by atoms with Gasteiger partial charge in [0.05, 0.1) is 6.04 Å². The van der Waals surface area contributed by atoms with Crippen LogP contribution in [-0.4, -0.2) is 12.8 Å². The topological polar surface area (TPSA) is 12.4 Å². The lowest BCUT2D eigenvalue weighted by Crippen LogP contribution is -2.48. The van der Waals surface area contributed by atoms with Crippen LogP contribution >= 0.6 is 0 Å². The molecule has 324 valence electrons. The van der Waals surface area contributed by atoms with Crippen LogP contribution in [0.5, 0.6) is 0 Å². The van der Waals surface area contributed by atoms with Crippen molar-refractivity contribution in [2.24, 2.45) is 117 Å². The number of rotatable bonds is 16. The second-order valence-corrected chi connectivity index (χ2v) is 23.2. The van der Waals surface area contributed by atoms with Gasteiger partial charge in [-0.1, -0.05) is 146 Å². The summed E-state index contributed by atoms with van der Waals surface area (Å²) < 4.78 is 0. The minimum Gasteiger partial charge on any atom is -0.293 e. The largest absolute Gasteiger partial charge is 0.293 e. The summed E-state index contributed by atoms with van der Waals surface area (Å²) in [4.78, 5) is 5.25. The van der Waals surface area contributed by atoms with Crippen LogP contribution in [0, 0.1) is 112 Å². The normalized spacial score (nSPS) is 43.4. The highest BCUT2D eigenvalue weighted by Crippen LogP contribution is 2.66. The van der Waals surface area contributed by atoms with Crippen molar-refractivity contribution < 1.29 is 0 Å². The van der Waals surface area contributed by atoms with E-state index in [0.29, 0.717) is 58.7 Å². The molecular formula is C56H95N. The van der Waals surface area contributed by atoms with Crippen molar-refractivity contribution in [2.45, 2.75) is 200 Å². The number of hydrogen-bond donors (Lipinski definition) is 0. The monoisotopic (exact) mass is 782 g/mol. The van der Waals surface area contributed by atoms with E-state index >= 15 is 0 Å². The summed E-state index contributed by atoms with van der Waals surface area (Å²) >= 11 is 0. The molecule has 6 aliphatic carbocycles. The highest BCUT2D eigenvalue weighted by Gasteiger charge is 2.55. The predicted molar refractivity (Wildman–Crippen MR) is 250 cm³/mol. The summed E-state index contributed by atoms with van der Waals surface area (Å²) in [5, 5.41) is 0. The zero-order chi connectivity index (χ0) is 41.8. The Labute approximate surface area is 356 Å². The van der Waals surface area contributed by atoms with Gasteiger partial charge in [-0.05, 0) is 195 Å². The van der Waals surface area contributed by atoms with Crippen molar-refractivity contribution in [2.75, 3.05) is 0 Å². The third kappa shape index (κ3) is 7.74. The zero-order valence-corrected chi connectivity index (χ0v) is 40.8. The van der Waals surface area contributed by atoms with Crippen LogP contribution in [0.4, 0.5) is 0 Å². The first-order valence-corrected chi connectivity index (χ1v) is 25.6. The van der Waals surface area contributed by atoms with Crippen LogP contribution in [0.25, 0.3) is 0 Å². The Hall–Kier alpha value is -1.11. The average molecular weight is 782 g/mol. The highest BCUT2D eigenvalue weighted by atomic mass is 14.8. The molecule has 1 heteroatoms. The fourth-order valence-electron chi connectivity index (χ4n) is 15.8.